The van der Waals surface area contributed by atoms with Crippen LogP contribution in [0.15, 0.2) is 66.7 Å². The van der Waals surface area contributed by atoms with Crippen LogP contribution in [0.25, 0.3) is 22.3 Å². The Kier molecular flexibility index (Phi) is 7.34. The number of hydrogen-bond acceptors (Lipinski definition) is 0. The van der Waals surface area contributed by atoms with Gasteiger partial charge in [-0.3, -0.25) is 0 Å². The number of benzene rings is 3. The topological polar surface area (TPSA) is 0 Å². The average Bonchev–Trinajstić information content (AvgIpc) is 2.80. The van der Waals surface area contributed by atoms with Crippen LogP contribution in [0.2, 0.25) is 18.1 Å². The van der Waals surface area contributed by atoms with Crippen LogP contribution in [0.3, 0.4) is 0 Å². The zero-order valence-electron chi connectivity index (χ0n) is 18.4. The maximum atomic E-state index is 13.9. The van der Waals surface area contributed by atoms with E-state index in [4.69, 9.17) is 0 Å². The first-order chi connectivity index (χ1) is 15.1. The van der Waals surface area contributed by atoms with E-state index in [2.05, 4.69) is 25.1 Å². The summed E-state index contributed by atoms with van der Waals surface area (Å²) in [6, 6.07) is 24.5. The molecule has 1 heterocycles. The molecule has 0 aliphatic carbocycles. The summed E-state index contributed by atoms with van der Waals surface area (Å²) >= 11 is 0. The number of rotatable bonds is 7. The Balaban J connectivity index is 1.61. The molecule has 1 aliphatic rings. The highest BCUT2D eigenvalue weighted by Crippen LogP contribution is 2.40. The molecule has 0 unspecified atom stereocenters. The van der Waals surface area contributed by atoms with Crippen molar-refractivity contribution in [3.8, 4) is 22.3 Å². The maximum Gasteiger partial charge on any atom is 0.123 e. The van der Waals surface area contributed by atoms with E-state index in [1.54, 1.807) is 12.1 Å². The zero-order chi connectivity index (χ0) is 21.6. The Morgan fingerprint density at radius 1 is 0.774 bits per heavy atom. The molecule has 3 heteroatoms. The third-order valence-electron chi connectivity index (χ3n) is 6.87. The summed E-state index contributed by atoms with van der Waals surface area (Å²) in [6.07, 6.45) is 6.72. The van der Waals surface area contributed by atoms with Gasteiger partial charge < -0.3 is 0 Å². The molecule has 3 aromatic carbocycles. The van der Waals surface area contributed by atoms with Crippen molar-refractivity contribution in [3.05, 3.63) is 83.9 Å². The summed E-state index contributed by atoms with van der Waals surface area (Å²) in [5, 5.41) is 0. The highest BCUT2D eigenvalue weighted by atomic mass is 28.3. The van der Waals surface area contributed by atoms with Gasteiger partial charge in [-0.25, -0.2) is 8.78 Å². The summed E-state index contributed by atoms with van der Waals surface area (Å²) in [5.41, 5.74) is 5.27. The number of unbranched alkanes of at least 4 members (excludes halogenated alkanes) is 2. The van der Waals surface area contributed by atoms with E-state index in [-0.39, 0.29) is 11.6 Å². The van der Waals surface area contributed by atoms with E-state index >= 15 is 0 Å². The van der Waals surface area contributed by atoms with Crippen LogP contribution in [0.1, 0.15) is 50.5 Å². The highest BCUT2D eigenvalue weighted by Gasteiger charge is 2.24. The molecule has 31 heavy (non-hydrogen) atoms. The van der Waals surface area contributed by atoms with Crippen molar-refractivity contribution in [2.45, 2.75) is 63.1 Å². The Morgan fingerprint density at radius 2 is 1.55 bits per heavy atom. The summed E-state index contributed by atoms with van der Waals surface area (Å²) < 4.78 is 27.5. The normalized spacial score (nSPS) is 18.8. The Morgan fingerprint density at radius 3 is 2.26 bits per heavy atom. The molecule has 0 atom stereocenters. The fourth-order valence-electron chi connectivity index (χ4n) is 5.06. The van der Waals surface area contributed by atoms with Crippen molar-refractivity contribution < 1.29 is 8.78 Å². The van der Waals surface area contributed by atoms with E-state index in [0.717, 1.165) is 22.3 Å². The third kappa shape index (κ3) is 5.51. The first-order valence-electron chi connectivity index (χ1n) is 11.8. The molecule has 4 rings (SSSR count). The quantitative estimate of drug-likeness (QED) is 0.258. The molecule has 1 saturated heterocycles. The predicted molar refractivity (Wildman–Crippen MR) is 130 cm³/mol. The minimum atomic E-state index is -0.545. The lowest BCUT2D eigenvalue weighted by molar-refractivity contribution is 0.603. The van der Waals surface area contributed by atoms with Gasteiger partial charge in [0.05, 0.1) is 0 Å². The van der Waals surface area contributed by atoms with Gasteiger partial charge in [-0.05, 0) is 70.8 Å². The lowest BCUT2D eigenvalue weighted by atomic mass is 9.87. The van der Waals surface area contributed by atoms with Gasteiger partial charge in [0.1, 0.15) is 11.6 Å². The first kappa shape index (κ1) is 21.9. The van der Waals surface area contributed by atoms with Crippen molar-refractivity contribution in [3.63, 3.8) is 0 Å². The molecular weight excluding hydrogens is 402 g/mol. The largest absolute Gasteiger partial charge is 0.207 e. The maximum absolute atomic E-state index is 13.9. The minimum absolute atomic E-state index is 0.237. The Bertz CT molecular complexity index is 988. The predicted octanol–water partition coefficient (Wildman–Crippen LogP) is 8.59. The minimum Gasteiger partial charge on any atom is -0.207 e. The van der Waals surface area contributed by atoms with Gasteiger partial charge in [0.2, 0.25) is 0 Å². The third-order valence-corrected chi connectivity index (χ3v) is 10.4. The van der Waals surface area contributed by atoms with E-state index in [1.165, 1.54) is 74.0 Å². The van der Waals surface area contributed by atoms with Crippen LogP contribution in [0, 0.1) is 11.6 Å². The molecule has 0 nitrogen and oxygen atoms in total. The van der Waals surface area contributed by atoms with Crippen molar-refractivity contribution in [1.82, 2.24) is 0 Å². The standard InChI is InChI=1S/C28H32F2Si/c1-2-3-4-16-31-17-14-21(15-18-31)23-10-13-27(24-6-5-7-26(30)19-24)28(20-23)22-8-11-25(29)12-9-22/h5-13,19-21,31H,2-4,14-18H2,1H3. The molecule has 0 bridgehead atoms. The zero-order valence-corrected chi connectivity index (χ0v) is 19.6. The summed E-state index contributed by atoms with van der Waals surface area (Å²) in [7, 11) is -0.545. The molecule has 0 amide bonds. The van der Waals surface area contributed by atoms with Gasteiger partial charge in [-0.2, -0.15) is 0 Å². The highest BCUT2D eigenvalue weighted by molar-refractivity contribution is 6.59. The molecule has 0 aromatic heterocycles. The van der Waals surface area contributed by atoms with Crippen LogP contribution in [-0.4, -0.2) is 8.80 Å². The Labute approximate surface area is 186 Å². The van der Waals surface area contributed by atoms with Crippen LogP contribution in [-0.2, 0) is 0 Å². The second-order valence-electron chi connectivity index (χ2n) is 9.04. The van der Waals surface area contributed by atoms with Gasteiger partial charge in [0.25, 0.3) is 0 Å². The van der Waals surface area contributed by atoms with Crippen molar-refractivity contribution >= 4 is 8.80 Å². The van der Waals surface area contributed by atoms with Crippen molar-refractivity contribution in [1.29, 1.82) is 0 Å². The molecular formula is C28H32F2Si. The SMILES string of the molecule is CCCCC[SiH]1CCC(c2ccc(-c3cccc(F)c3)c(-c3ccc(F)cc3)c2)CC1. The second-order valence-corrected chi connectivity index (χ2v) is 12.5. The van der Waals surface area contributed by atoms with E-state index in [9.17, 15) is 8.78 Å². The van der Waals surface area contributed by atoms with Crippen molar-refractivity contribution in [2.24, 2.45) is 0 Å². The monoisotopic (exact) mass is 434 g/mol. The first-order valence-corrected chi connectivity index (χ1v) is 14.2. The fourth-order valence-corrected chi connectivity index (χ4v) is 8.54. The molecule has 0 radical (unpaired) electrons. The molecule has 3 aromatic rings. The van der Waals surface area contributed by atoms with Gasteiger partial charge in [0, 0.05) is 8.80 Å². The summed E-state index contributed by atoms with van der Waals surface area (Å²) in [4.78, 5) is 0. The van der Waals surface area contributed by atoms with Gasteiger partial charge in [-0.15, -0.1) is 0 Å². The summed E-state index contributed by atoms with van der Waals surface area (Å²) in [5.74, 6) is 0.132. The summed E-state index contributed by atoms with van der Waals surface area (Å²) in [6.45, 7) is 2.28. The van der Waals surface area contributed by atoms with E-state index in [0.29, 0.717) is 5.92 Å². The number of halogens is 2. The van der Waals surface area contributed by atoms with Crippen molar-refractivity contribution in [2.75, 3.05) is 0 Å². The smallest absolute Gasteiger partial charge is 0.123 e. The lowest BCUT2D eigenvalue weighted by Crippen LogP contribution is -2.20. The van der Waals surface area contributed by atoms with Gasteiger partial charge in [0.15, 0.2) is 0 Å². The molecule has 1 aliphatic heterocycles. The fraction of sp³-hybridized carbons (Fsp3) is 0.357. The average molecular weight is 435 g/mol. The van der Waals surface area contributed by atoms with Crippen LogP contribution < -0.4 is 0 Å². The van der Waals surface area contributed by atoms with Gasteiger partial charge in [-0.1, -0.05) is 86.8 Å². The number of hydrogen-bond donors (Lipinski definition) is 0. The molecule has 162 valence electrons. The van der Waals surface area contributed by atoms with Gasteiger partial charge >= 0.3 is 0 Å². The molecule has 0 saturated carbocycles. The van der Waals surface area contributed by atoms with Crippen LogP contribution >= 0.6 is 0 Å². The van der Waals surface area contributed by atoms with E-state index in [1.807, 2.05) is 18.2 Å². The Hall–Kier alpha value is -2.26. The molecule has 0 spiro atoms. The lowest BCUT2D eigenvalue weighted by Gasteiger charge is -2.28. The molecule has 1 fully saturated rings. The molecule has 0 N–H and O–H groups in total. The second kappa shape index (κ2) is 10.4. The van der Waals surface area contributed by atoms with Crippen LogP contribution in [0.4, 0.5) is 8.78 Å². The van der Waals surface area contributed by atoms with Crippen LogP contribution in [0.5, 0.6) is 0 Å². The van der Waals surface area contributed by atoms with E-state index < -0.39 is 8.80 Å².